The zero-order chi connectivity index (χ0) is 19.1. The maximum Gasteiger partial charge on any atom is 0.272 e. The quantitative estimate of drug-likeness (QED) is 0.649. The van der Waals surface area contributed by atoms with E-state index < -0.39 is 0 Å². The van der Waals surface area contributed by atoms with Crippen molar-refractivity contribution < 1.29 is 4.79 Å². The SMILES string of the molecule is CN(Cc1ccccc1)C(=O)c1cc(NCCc2cccc(Cl)c2)ccn1. The van der Waals surface area contributed by atoms with E-state index in [-0.39, 0.29) is 5.91 Å². The number of nitrogens with one attached hydrogen (secondary N) is 1. The lowest BCUT2D eigenvalue weighted by Crippen LogP contribution is -2.27. The summed E-state index contributed by atoms with van der Waals surface area (Å²) in [6.45, 7) is 1.30. The molecule has 0 spiro atoms. The summed E-state index contributed by atoms with van der Waals surface area (Å²) in [5, 5.41) is 4.08. The van der Waals surface area contributed by atoms with Crippen LogP contribution >= 0.6 is 11.6 Å². The fourth-order valence-corrected chi connectivity index (χ4v) is 3.04. The molecule has 0 aliphatic carbocycles. The fourth-order valence-electron chi connectivity index (χ4n) is 2.83. The number of pyridine rings is 1. The van der Waals surface area contributed by atoms with E-state index in [0.29, 0.717) is 12.2 Å². The second-order valence-electron chi connectivity index (χ2n) is 6.38. The van der Waals surface area contributed by atoms with Crippen molar-refractivity contribution in [2.24, 2.45) is 0 Å². The molecule has 5 heteroatoms. The molecule has 0 atom stereocenters. The van der Waals surface area contributed by atoms with E-state index in [4.69, 9.17) is 11.6 Å². The van der Waals surface area contributed by atoms with Crippen molar-refractivity contribution in [3.63, 3.8) is 0 Å². The first-order valence-electron chi connectivity index (χ1n) is 8.85. The smallest absolute Gasteiger partial charge is 0.272 e. The number of amides is 1. The molecule has 0 saturated heterocycles. The van der Waals surface area contributed by atoms with Gasteiger partial charge >= 0.3 is 0 Å². The van der Waals surface area contributed by atoms with Gasteiger partial charge < -0.3 is 10.2 Å². The lowest BCUT2D eigenvalue weighted by Gasteiger charge is -2.17. The van der Waals surface area contributed by atoms with Crippen LogP contribution < -0.4 is 5.32 Å². The number of carbonyl (C=O) groups excluding carboxylic acids is 1. The lowest BCUT2D eigenvalue weighted by atomic mass is 10.1. The topological polar surface area (TPSA) is 45.2 Å². The van der Waals surface area contributed by atoms with Crippen LogP contribution in [0, 0.1) is 0 Å². The van der Waals surface area contributed by atoms with Gasteiger partial charge in [0.1, 0.15) is 5.69 Å². The maximum atomic E-state index is 12.7. The highest BCUT2D eigenvalue weighted by Gasteiger charge is 2.14. The predicted octanol–water partition coefficient (Wildman–Crippen LogP) is 4.66. The molecule has 1 aromatic heterocycles. The van der Waals surface area contributed by atoms with Gasteiger partial charge in [-0.05, 0) is 41.8 Å². The van der Waals surface area contributed by atoms with Crippen molar-refractivity contribution in [2.75, 3.05) is 18.9 Å². The minimum atomic E-state index is -0.0997. The first-order valence-corrected chi connectivity index (χ1v) is 9.23. The molecule has 1 heterocycles. The first-order chi connectivity index (χ1) is 13.1. The minimum absolute atomic E-state index is 0.0997. The standard InChI is InChI=1S/C22H22ClN3O/c1-26(16-18-6-3-2-4-7-18)22(27)21-15-20(11-13-25-21)24-12-10-17-8-5-9-19(23)14-17/h2-9,11,13-15H,10,12,16H2,1H3,(H,24,25). The van der Waals surface area contributed by atoms with Gasteiger partial charge in [-0.1, -0.05) is 54.1 Å². The van der Waals surface area contributed by atoms with Crippen LogP contribution in [0.2, 0.25) is 5.02 Å². The van der Waals surface area contributed by atoms with E-state index in [1.54, 1.807) is 24.2 Å². The molecule has 0 bridgehead atoms. The number of halogens is 1. The number of anilines is 1. The van der Waals surface area contributed by atoms with Crippen LogP contribution in [0.25, 0.3) is 0 Å². The van der Waals surface area contributed by atoms with Gasteiger partial charge in [0.2, 0.25) is 0 Å². The third-order valence-corrected chi connectivity index (χ3v) is 4.46. The van der Waals surface area contributed by atoms with Crippen molar-refractivity contribution in [1.82, 2.24) is 9.88 Å². The van der Waals surface area contributed by atoms with E-state index in [1.807, 2.05) is 60.7 Å². The second-order valence-corrected chi connectivity index (χ2v) is 6.82. The van der Waals surface area contributed by atoms with Gasteiger partial charge in [-0.2, -0.15) is 0 Å². The van der Waals surface area contributed by atoms with Crippen molar-refractivity contribution in [3.8, 4) is 0 Å². The number of hydrogen-bond acceptors (Lipinski definition) is 3. The van der Waals surface area contributed by atoms with Gasteiger partial charge in [-0.15, -0.1) is 0 Å². The summed E-state index contributed by atoms with van der Waals surface area (Å²) in [7, 11) is 1.79. The summed E-state index contributed by atoms with van der Waals surface area (Å²) in [5.74, 6) is -0.0997. The zero-order valence-corrected chi connectivity index (χ0v) is 16.0. The number of benzene rings is 2. The Bertz CT molecular complexity index is 899. The summed E-state index contributed by atoms with van der Waals surface area (Å²) in [4.78, 5) is 18.6. The summed E-state index contributed by atoms with van der Waals surface area (Å²) >= 11 is 6.01. The fraction of sp³-hybridized carbons (Fsp3) is 0.182. The molecule has 4 nitrogen and oxygen atoms in total. The number of carbonyl (C=O) groups is 1. The number of rotatable bonds is 7. The highest BCUT2D eigenvalue weighted by atomic mass is 35.5. The Morgan fingerprint density at radius 2 is 1.81 bits per heavy atom. The van der Waals surface area contributed by atoms with Crippen molar-refractivity contribution in [3.05, 3.63) is 94.8 Å². The summed E-state index contributed by atoms with van der Waals surface area (Å²) in [6.07, 6.45) is 2.51. The molecule has 138 valence electrons. The Morgan fingerprint density at radius 1 is 1.04 bits per heavy atom. The number of hydrogen-bond donors (Lipinski definition) is 1. The maximum absolute atomic E-state index is 12.7. The Hall–Kier alpha value is -2.85. The lowest BCUT2D eigenvalue weighted by molar-refractivity contribution is 0.0779. The molecule has 1 N–H and O–H groups in total. The van der Waals surface area contributed by atoms with Crippen LogP contribution in [0.1, 0.15) is 21.6 Å². The number of nitrogens with zero attached hydrogens (tertiary/aromatic N) is 2. The molecular weight excluding hydrogens is 358 g/mol. The molecule has 3 rings (SSSR count). The van der Waals surface area contributed by atoms with Gasteiger partial charge in [0.15, 0.2) is 0 Å². The molecule has 0 aliphatic rings. The molecule has 27 heavy (non-hydrogen) atoms. The molecule has 0 saturated carbocycles. The summed E-state index contributed by atoms with van der Waals surface area (Å²) in [6, 6.07) is 21.4. The third kappa shape index (κ3) is 5.56. The Balaban J connectivity index is 1.58. The molecule has 2 aromatic carbocycles. The normalized spacial score (nSPS) is 10.4. The minimum Gasteiger partial charge on any atom is -0.385 e. The Kier molecular flexibility index (Phi) is 6.44. The van der Waals surface area contributed by atoms with E-state index in [9.17, 15) is 4.79 Å². The van der Waals surface area contributed by atoms with Crippen molar-refractivity contribution in [2.45, 2.75) is 13.0 Å². The molecule has 3 aromatic rings. The van der Waals surface area contributed by atoms with Crippen LogP contribution in [0.3, 0.4) is 0 Å². The van der Waals surface area contributed by atoms with Gasteiger partial charge in [-0.3, -0.25) is 9.78 Å². The largest absolute Gasteiger partial charge is 0.385 e. The second kappa shape index (κ2) is 9.19. The molecular formula is C22H22ClN3O. The third-order valence-electron chi connectivity index (χ3n) is 4.22. The van der Waals surface area contributed by atoms with Crippen LogP contribution in [-0.2, 0) is 13.0 Å². The summed E-state index contributed by atoms with van der Waals surface area (Å²) < 4.78 is 0. The van der Waals surface area contributed by atoms with E-state index in [2.05, 4.69) is 10.3 Å². The molecule has 1 amide bonds. The van der Waals surface area contributed by atoms with Crippen LogP contribution in [0.4, 0.5) is 5.69 Å². The van der Waals surface area contributed by atoms with Crippen LogP contribution in [-0.4, -0.2) is 29.4 Å². The van der Waals surface area contributed by atoms with Gasteiger partial charge in [0, 0.05) is 37.0 Å². The molecule has 0 radical (unpaired) electrons. The number of aromatic nitrogens is 1. The van der Waals surface area contributed by atoms with Gasteiger partial charge in [-0.25, -0.2) is 0 Å². The Morgan fingerprint density at radius 3 is 2.59 bits per heavy atom. The average molecular weight is 380 g/mol. The average Bonchev–Trinajstić information content (AvgIpc) is 2.68. The highest BCUT2D eigenvalue weighted by Crippen LogP contribution is 2.14. The summed E-state index contributed by atoms with van der Waals surface area (Å²) in [5.41, 5.74) is 3.57. The Labute approximate surface area is 164 Å². The van der Waals surface area contributed by atoms with Gasteiger partial charge in [0.25, 0.3) is 5.91 Å². The van der Waals surface area contributed by atoms with Gasteiger partial charge in [0.05, 0.1) is 0 Å². The van der Waals surface area contributed by atoms with E-state index in [0.717, 1.165) is 29.2 Å². The first kappa shape index (κ1) is 18.9. The van der Waals surface area contributed by atoms with Crippen molar-refractivity contribution >= 4 is 23.2 Å². The van der Waals surface area contributed by atoms with Crippen LogP contribution in [0.5, 0.6) is 0 Å². The predicted molar refractivity (Wildman–Crippen MR) is 110 cm³/mol. The van der Waals surface area contributed by atoms with Crippen molar-refractivity contribution in [1.29, 1.82) is 0 Å². The van der Waals surface area contributed by atoms with E-state index >= 15 is 0 Å². The van der Waals surface area contributed by atoms with Crippen LogP contribution in [0.15, 0.2) is 72.9 Å². The molecule has 0 fully saturated rings. The molecule has 0 aliphatic heterocycles. The van der Waals surface area contributed by atoms with E-state index in [1.165, 1.54) is 5.56 Å². The zero-order valence-electron chi connectivity index (χ0n) is 15.2. The highest BCUT2D eigenvalue weighted by molar-refractivity contribution is 6.30. The molecule has 0 unspecified atom stereocenters. The monoisotopic (exact) mass is 379 g/mol.